The molecule has 4 aliphatic heterocycles. The van der Waals surface area contributed by atoms with Crippen molar-refractivity contribution in [2.45, 2.75) is 101 Å². The summed E-state index contributed by atoms with van der Waals surface area (Å²) in [5.74, 6) is -4.64. The summed E-state index contributed by atoms with van der Waals surface area (Å²) in [6.45, 7) is -0.650. The highest BCUT2D eigenvalue weighted by Gasteiger charge is 2.56. The van der Waals surface area contributed by atoms with E-state index in [1.54, 1.807) is 0 Å². The number of aliphatic hydroxyl groups is 1. The van der Waals surface area contributed by atoms with E-state index in [0.29, 0.717) is 22.3 Å². The van der Waals surface area contributed by atoms with E-state index < -0.39 is 96.2 Å². The van der Waals surface area contributed by atoms with E-state index in [-0.39, 0.29) is 52.1 Å². The summed E-state index contributed by atoms with van der Waals surface area (Å²) in [6.07, 6.45) is -4.25. The molecule has 2 N–H and O–H groups in total. The van der Waals surface area contributed by atoms with Crippen molar-refractivity contribution < 1.29 is 75.3 Å². The monoisotopic (exact) mass is 894 g/mol. The second-order valence-corrected chi connectivity index (χ2v) is 15.4. The van der Waals surface area contributed by atoms with Gasteiger partial charge in [0.2, 0.25) is 0 Å². The number of carbonyl (C=O) groups excluding carboxylic acids is 4. The number of nitrogens with zero attached hydrogens (tertiary/aromatic N) is 3. The molecule has 0 bridgehead atoms. The minimum Gasteiger partial charge on any atom is -0.460 e. The van der Waals surface area contributed by atoms with Gasteiger partial charge in [-0.15, -0.1) is 15.2 Å². The van der Waals surface area contributed by atoms with Gasteiger partial charge >= 0.3 is 23.9 Å². The van der Waals surface area contributed by atoms with Gasteiger partial charge in [-0.25, -0.2) is 17.6 Å². The molecule has 4 fully saturated rings. The average molecular weight is 895 g/mol. The standard InChI is InChI=1S/C44H42F4N4O12/c45-29-9-1-25(2-10-29)21-58-41(54)33-17-37(49-33)62-51-35(43(56)60-23-27-5-13-31(47)14-6-27)19-39(51)64-52-36(44(57)61-24-28-7-15-32(48)16-8-28)20-40(52)63-50-34(18-38(50)53)42(55)59-22-26-3-11-30(46)12-4-26/h1-16,33-40,49,53H,17-24H2/t33-,34-,35-,36-,37?,38?,39?,40?/m0/s1. The first-order valence-electron chi connectivity index (χ1n) is 20.3. The Labute approximate surface area is 362 Å². The molecule has 4 aromatic carbocycles. The van der Waals surface area contributed by atoms with Crippen molar-refractivity contribution in [3.63, 3.8) is 0 Å². The van der Waals surface area contributed by atoms with Crippen LogP contribution in [0.15, 0.2) is 97.1 Å². The number of ether oxygens (including phenoxy) is 4. The van der Waals surface area contributed by atoms with Gasteiger partial charge in [0, 0.05) is 25.7 Å². The number of benzene rings is 4. The van der Waals surface area contributed by atoms with Crippen LogP contribution in [0.2, 0.25) is 0 Å². The Hall–Kier alpha value is -5.84. The maximum atomic E-state index is 13.5. The third-order valence-corrected chi connectivity index (χ3v) is 10.9. The molecule has 16 nitrogen and oxygen atoms in total. The van der Waals surface area contributed by atoms with Gasteiger partial charge in [-0.3, -0.25) is 39.0 Å². The maximum Gasteiger partial charge on any atom is 0.326 e. The normalized spacial score (nSPS) is 25.5. The molecule has 0 aliphatic carbocycles. The molecular weight excluding hydrogens is 852 g/mol. The van der Waals surface area contributed by atoms with Crippen LogP contribution >= 0.6 is 0 Å². The molecule has 8 atom stereocenters. The molecule has 4 aliphatic rings. The molecule has 0 saturated carbocycles. The first-order valence-corrected chi connectivity index (χ1v) is 20.3. The number of halogens is 4. The Morgan fingerprint density at radius 2 is 0.781 bits per heavy atom. The van der Waals surface area contributed by atoms with Crippen LogP contribution in [0.4, 0.5) is 17.6 Å². The topological polar surface area (TPSA) is 175 Å². The molecule has 4 saturated heterocycles. The highest BCUT2D eigenvalue weighted by molar-refractivity contribution is 5.78. The molecule has 64 heavy (non-hydrogen) atoms. The largest absolute Gasteiger partial charge is 0.460 e. The number of hydrogen-bond acceptors (Lipinski definition) is 16. The molecule has 338 valence electrons. The van der Waals surface area contributed by atoms with Gasteiger partial charge < -0.3 is 24.1 Å². The van der Waals surface area contributed by atoms with Gasteiger partial charge in [0.05, 0.1) is 0 Å². The van der Waals surface area contributed by atoms with Crippen molar-refractivity contribution in [3.8, 4) is 0 Å². The number of rotatable bonds is 18. The van der Waals surface area contributed by atoms with Crippen molar-refractivity contribution in [2.75, 3.05) is 0 Å². The lowest BCUT2D eigenvalue weighted by molar-refractivity contribution is -0.468. The van der Waals surface area contributed by atoms with E-state index >= 15 is 0 Å². The number of nitrogens with one attached hydrogen (secondary N) is 1. The zero-order valence-electron chi connectivity index (χ0n) is 33.8. The number of aliphatic hydroxyl groups excluding tert-OH is 1. The highest BCUT2D eigenvalue weighted by atomic mass is 19.1. The van der Waals surface area contributed by atoms with E-state index in [1.807, 2.05) is 0 Å². The van der Waals surface area contributed by atoms with E-state index in [4.69, 9.17) is 33.5 Å². The Kier molecular flexibility index (Phi) is 13.9. The number of hydrogen-bond donors (Lipinski definition) is 2. The predicted molar refractivity (Wildman–Crippen MR) is 208 cm³/mol. The number of esters is 4. The first-order chi connectivity index (χ1) is 30.9. The van der Waals surface area contributed by atoms with Crippen LogP contribution < -0.4 is 5.32 Å². The van der Waals surface area contributed by atoms with Gasteiger partial charge in [0.25, 0.3) is 0 Å². The molecule has 4 heterocycles. The molecular formula is C44H42F4N4O12. The van der Waals surface area contributed by atoms with Crippen molar-refractivity contribution in [1.29, 1.82) is 0 Å². The third kappa shape index (κ3) is 10.7. The maximum absolute atomic E-state index is 13.5. The van der Waals surface area contributed by atoms with Gasteiger partial charge in [-0.1, -0.05) is 48.5 Å². The Morgan fingerprint density at radius 1 is 0.469 bits per heavy atom. The summed E-state index contributed by atoms with van der Waals surface area (Å²) < 4.78 is 75.5. The molecule has 0 spiro atoms. The quantitative estimate of drug-likeness (QED) is 0.0826. The fourth-order valence-corrected chi connectivity index (χ4v) is 7.02. The van der Waals surface area contributed by atoms with Crippen LogP contribution in [0.5, 0.6) is 0 Å². The second kappa shape index (κ2) is 19.9. The van der Waals surface area contributed by atoms with Crippen LogP contribution in [0, 0.1) is 23.3 Å². The minimum absolute atomic E-state index is 0.0383. The van der Waals surface area contributed by atoms with E-state index in [0.717, 1.165) is 10.1 Å². The van der Waals surface area contributed by atoms with Crippen molar-refractivity contribution >= 4 is 23.9 Å². The number of hydroxylamine groups is 6. The van der Waals surface area contributed by atoms with E-state index in [1.165, 1.54) is 102 Å². The summed E-state index contributed by atoms with van der Waals surface area (Å²) >= 11 is 0. The number of carbonyl (C=O) groups is 4. The minimum atomic E-state index is -1.24. The molecule has 0 amide bonds. The second-order valence-electron chi connectivity index (χ2n) is 15.4. The molecule has 4 unspecified atom stereocenters. The molecule has 0 aromatic heterocycles. The molecule has 20 heteroatoms. The Bertz CT molecular complexity index is 2270. The summed E-state index contributed by atoms with van der Waals surface area (Å²) in [5.41, 5.74) is 2.13. The average Bonchev–Trinajstić information content (AvgIpc) is 3.26. The van der Waals surface area contributed by atoms with Crippen LogP contribution in [0.3, 0.4) is 0 Å². The van der Waals surface area contributed by atoms with E-state index in [9.17, 15) is 41.8 Å². The van der Waals surface area contributed by atoms with Gasteiger partial charge in [-0.2, -0.15) is 0 Å². The van der Waals surface area contributed by atoms with Crippen LogP contribution in [-0.2, 0) is 79.1 Å². The smallest absolute Gasteiger partial charge is 0.326 e. The van der Waals surface area contributed by atoms with Gasteiger partial charge in [0.15, 0.2) is 12.5 Å². The summed E-state index contributed by atoms with van der Waals surface area (Å²) in [5, 5.41) is 16.9. The van der Waals surface area contributed by atoms with Gasteiger partial charge in [0.1, 0.15) is 86.3 Å². The van der Waals surface area contributed by atoms with Crippen LogP contribution in [0.1, 0.15) is 47.9 Å². The highest BCUT2D eigenvalue weighted by Crippen LogP contribution is 2.39. The summed E-state index contributed by atoms with van der Waals surface area (Å²) in [7, 11) is 0. The van der Waals surface area contributed by atoms with Crippen molar-refractivity contribution in [3.05, 3.63) is 143 Å². The van der Waals surface area contributed by atoms with Gasteiger partial charge in [-0.05, 0) is 70.8 Å². The lowest BCUT2D eigenvalue weighted by Gasteiger charge is -2.54. The molecule has 4 aromatic rings. The van der Waals surface area contributed by atoms with E-state index in [2.05, 4.69) is 5.32 Å². The molecule has 8 rings (SSSR count). The fraction of sp³-hybridized carbons (Fsp3) is 0.364. The van der Waals surface area contributed by atoms with Crippen molar-refractivity contribution in [2.24, 2.45) is 0 Å². The third-order valence-electron chi connectivity index (χ3n) is 10.9. The predicted octanol–water partition coefficient (Wildman–Crippen LogP) is 4.19. The van der Waals surface area contributed by atoms with Crippen molar-refractivity contribution in [1.82, 2.24) is 20.5 Å². The van der Waals surface area contributed by atoms with Crippen LogP contribution in [0.25, 0.3) is 0 Å². The summed E-state index contributed by atoms with van der Waals surface area (Å²) in [4.78, 5) is 71.1. The first kappa shape index (κ1) is 44.8. The zero-order chi connectivity index (χ0) is 44.9. The Balaban J connectivity index is 0.933. The summed E-state index contributed by atoms with van der Waals surface area (Å²) in [6, 6.07) is 17.5. The zero-order valence-corrected chi connectivity index (χ0v) is 33.8. The lowest BCUT2D eigenvalue weighted by Crippen LogP contribution is -2.71. The fourth-order valence-electron chi connectivity index (χ4n) is 7.02. The Morgan fingerprint density at radius 3 is 1.14 bits per heavy atom. The SMILES string of the molecule is O=C(OCc1ccc(F)cc1)[C@@H]1CC(ON2C(ON3C(ON4C(O)C[C@H]4C(=O)OCc4ccc(F)cc4)C[C@H]3C(=O)OCc3ccc(F)cc3)C[C@H]2C(=O)OCc2ccc(F)cc2)N1. The van der Waals surface area contributed by atoms with Crippen LogP contribution in [-0.4, -0.2) is 93.3 Å². The lowest BCUT2D eigenvalue weighted by atomic mass is 10.0. The molecule has 0 radical (unpaired) electrons.